The van der Waals surface area contributed by atoms with Crippen LogP contribution in [-0.2, 0) is 4.79 Å². The number of hydrogen-bond donors (Lipinski definition) is 0. The molecule has 26 heavy (non-hydrogen) atoms. The molecule has 1 rings (SSSR count). The van der Waals surface area contributed by atoms with Crippen molar-refractivity contribution in [3.8, 4) is 0 Å². The van der Waals surface area contributed by atoms with E-state index in [9.17, 15) is 4.79 Å². The molecule has 0 spiro atoms. The Morgan fingerprint density at radius 2 is 1.46 bits per heavy atom. The van der Waals surface area contributed by atoms with Crippen molar-refractivity contribution >= 4 is 6.29 Å². The van der Waals surface area contributed by atoms with Crippen molar-refractivity contribution in [3.05, 3.63) is 82.5 Å². The quantitative estimate of drug-likeness (QED) is 0.269. The highest BCUT2D eigenvalue weighted by Crippen LogP contribution is 2.40. The molecule has 0 amide bonds. The molecule has 0 heterocycles. The highest BCUT2D eigenvalue weighted by molar-refractivity contribution is 5.72. The lowest BCUT2D eigenvalue weighted by Gasteiger charge is -2.32. The van der Waals surface area contributed by atoms with Crippen LogP contribution in [0.3, 0.4) is 0 Å². The van der Waals surface area contributed by atoms with Crippen LogP contribution in [0.4, 0.5) is 0 Å². The molecule has 1 aliphatic rings. The molecule has 0 saturated carbocycles. The first-order valence-corrected chi connectivity index (χ1v) is 9.46. The zero-order valence-electron chi connectivity index (χ0n) is 17.3. The predicted molar refractivity (Wildman–Crippen MR) is 115 cm³/mol. The molecule has 0 bridgehead atoms. The molecule has 0 aromatic rings. The van der Waals surface area contributed by atoms with Gasteiger partial charge in [-0.25, -0.2) is 0 Å². The van der Waals surface area contributed by atoms with E-state index in [0.29, 0.717) is 0 Å². The minimum atomic E-state index is 0.289. The Hall–Kier alpha value is -2.15. The Morgan fingerprint density at radius 1 is 0.885 bits per heavy atom. The van der Waals surface area contributed by atoms with Gasteiger partial charge in [-0.05, 0) is 63.5 Å². The van der Waals surface area contributed by atoms with Gasteiger partial charge in [0.15, 0.2) is 0 Å². The van der Waals surface area contributed by atoms with Gasteiger partial charge in [-0.2, -0.15) is 0 Å². The van der Waals surface area contributed by atoms with Gasteiger partial charge in [0, 0.05) is 0 Å². The molecule has 0 N–H and O–H groups in total. The SMILES string of the molecule is CC1=C(/C=C/C(C)=C/C=C/C=C(C)/C=C/C=C(\C)C=O)C(C)(C)CCC1. The lowest BCUT2D eigenvalue weighted by molar-refractivity contribution is -0.104. The zero-order valence-corrected chi connectivity index (χ0v) is 17.3. The van der Waals surface area contributed by atoms with E-state index < -0.39 is 0 Å². The van der Waals surface area contributed by atoms with Crippen molar-refractivity contribution in [3.63, 3.8) is 0 Å². The van der Waals surface area contributed by atoms with E-state index >= 15 is 0 Å². The largest absolute Gasteiger partial charge is 0.298 e. The van der Waals surface area contributed by atoms with E-state index in [4.69, 9.17) is 0 Å². The molecule has 0 fully saturated rings. The van der Waals surface area contributed by atoms with Gasteiger partial charge in [-0.1, -0.05) is 85.3 Å². The molecule has 0 aromatic carbocycles. The second-order valence-electron chi connectivity index (χ2n) is 7.86. The summed E-state index contributed by atoms with van der Waals surface area (Å²) in [6.07, 6.45) is 23.2. The maximum atomic E-state index is 10.5. The van der Waals surface area contributed by atoms with Gasteiger partial charge in [0.25, 0.3) is 0 Å². The van der Waals surface area contributed by atoms with Crippen molar-refractivity contribution < 1.29 is 4.79 Å². The van der Waals surface area contributed by atoms with Crippen LogP contribution in [0.1, 0.15) is 60.8 Å². The van der Waals surface area contributed by atoms with Crippen LogP contribution in [0.25, 0.3) is 0 Å². The Bertz CT molecular complexity index is 700. The van der Waals surface area contributed by atoms with Gasteiger partial charge in [0.05, 0.1) is 0 Å². The summed E-state index contributed by atoms with van der Waals surface area (Å²) < 4.78 is 0. The number of carbonyl (C=O) groups excluding carboxylic acids is 1. The van der Waals surface area contributed by atoms with E-state index in [1.54, 1.807) is 6.92 Å². The summed E-state index contributed by atoms with van der Waals surface area (Å²) in [6, 6.07) is 0. The number of allylic oxidation sites excluding steroid dienone is 14. The monoisotopic (exact) mass is 350 g/mol. The molecular formula is C25H34O. The Labute approximate surface area is 160 Å². The van der Waals surface area contributed by atoms with Gasteiger partial charge >= 0.3 is 0 Å². The minimum Gasteiger partial charge on any atom is -0.298 e. The van der Waals surface area contributed by atoms with Crippen LogP contribution < -0.4 is 0 Å². The third-order valence-corrected chi connectivity index (χ3v) is 4.79. The molecule has 0 saturated heterocycles. The summed E-state index contributed by atoms with van der Waals surface area (Å²) in [5.41, 5.74) is 6.43. The van der Waals surface area contributed by atoms with Gasteiger partial charge in [0.2, 0.25) is 0 Å². The number of carbonyl (C=O) groups is 1. The molecule has 1 heteroatoms. The summed E-state index contributed by atoms with van der Waals surface area (Å²) in [4.78, 5) is 10.5. The summed E-state index contributed by atoms with van der Waals surface area (Å²) in [7, 11) is 0. The third-order valence-electron chi connectivity index (χ3n) is 4.79. The van der Waals surface area contributed by atoms with E-state index in [1.165, 1.54) is 36.0 Å². The maximum Gasteiger partial charge on any atom is 0.145 e. The van der Waals surface area contributed by atoms with E-state index in [2.05, 4.69) is 58.1 Å². The van der Waals surface area contributed by atoms with Crippen LogP contribution in [0.5, 0.6) is 0 Å². The highest BCUT2D eigenvalue weighted by Gasteiger charge is 2.26. The lowest BCUT2D eigenvalue weighted by atomic mass is 9.72. The van der Waals surface area contributed by atoms with Crippen molar-refractivity contribution in [2.24, 2.45) is 5.41 Å². The molecule has 0 radical (unpaired) electrons. The number of rotatable bonds is 7. The smallest absolute Gasteiger partial charge is 0.145 e. The summed E-state index contributed by atoms with van der Waals surface area (Å²) in [5.74, 6) is 0. The standard InChI is InChI=1S/C25H34O/c1-20(13-9-14-22(3)19-26)11-7-8-12-21(2)16-17-24-23(4)15-10-18-25(24,5)6/h7-9,11-14,16-17,19H,10,15,18H2,1-6H3/b8-7+,13-9+,17-16+,20-11+,21-12+,22-14+. The van der Waals surface area contributed by atoms with Gasteiger partial charge in [-0.15, -0.1) is 0 Å². The topological polar surface area (TPSA) is 17.1 Å². The Balaban J connectivity index is 2.69. The van der Waals surface area contributed by atoms with E-state index in [1.807, 2.05) is 31.2 Å². The summed E-state index contributed by atoms with van der Waals surface area (Å²) in [6.45, 7) is 12.9. The zero-order chi connectivity index (χ0) is 19.6. The van der Waals surface area contributed by atoms with Crippen molar-refractivity contribution in [2.45, 2.75) is 60.8 Å². The van der Waals surface area contributed by atoms with Crippen LogP contribution in [-0.4, -0.2) is 6.29 Å². The second-order valence-corrected chi connectivity index (χ2v) is 7.86. The normalized spacial score (nSPS) is 20.0. The molecule has 1 aliphatic carbocycles. The van der Waals surface area contributed by atoms with E-state index in [0.717, 1.165) is 17.4 Å². The number of aldehydes is 1. The Kier molecular flexibility index (Phi) is 9.05. The highest BCUT2D eigenvalue weighted by atomic mass is 16.1. The number of hydrogen-bond acceptors (Lipinski definition) is 1. The van der Waals surface area contributed by atoms with Gasteiger partial charge < -0.3 is 0 Å². The lowest BCUT2D eigenvalue weighted by Crippen LogP contribution is -2.19. The average molecular weight is 351 g/mol. The molecule has 0 unspecified atom stereocenters. The van der Waals surface area contributed by atoms with Gasteiger partial charge in [0.1, 0.15) is 6.29 Å². The first kappa shape index (κ1) is 21.9. The maximum absolute atomic E-state index is 10.5. The molecule has 1 nitrogen and oxygen atoms in total. The first-order chi connectivity index (χ1) is 12.3. The molecule has 0 aliphatic heterocycles. The first-order valence-electron chi connectivity index (χ1n) is 9.46. The fourth-order valence-corrected chi connectivity index (χ4v) is 3.14. The predicted octanol–water partition coefficient (Wildman–Crippen LogP) is 7.22. The summed E-state index contributed by atoms with van der Waals surface area (Å²) >= 11 is 0. The third kappa shape index (κ3) is 7.82. The fourth-order valence-electron chi connectivity index (χ4n) is 3.14. The van der Waals surface area contributed by atoms with Crippen LogP contribution >= 0.6 is 0 Å². The van der Waals surface area contributed by atoms with Crippen molar-refractivity contribution in [2.75, 3.05) is 0 Å². The molecular weight excluding hydrogens is 316 g/mol. The molecule has 140 valence electrons. The molecule has 0 atom stereocenters. The van der Waals surface area contributed by atoms with Crippen LogP contribution in [0, 0.1) is 5.41 Å². The fraction of sp³-hybridized carbons (Fsp3) is 0.400. The van der Waals surface area contributed by atoms with Gasteiger partial charge in [-0.3, -0.25) is 4.79 Å². The Morgan fingerprint density at radius 3 is 2.04 bits per heavy atom. The van der Waals surface area contributed by atoms with Crippen LogP contribution in [0.15, 0.2) is 82.5 Å². The summed E-state index contributed by atoms with van der Waals surface area (Å²) in [5, 5.41) is 0. The van der Waals surface area contributed by atoms with Crippen molar-refractivity contribution in [1.82, 2.24) is 0 Å². The molecule has 0 aromatic heterocycles. The second kappa shape index (κ2) is 10.8. The van der Waals surface area contributed by atoms with Crippen molar-refractivity contribution in [1.29, 1.82) is 0 Å². The van der Waals surface area contributed by atoms with E-state index in [-0.39, 0.29) is 5.41 Å². The average Bonchev–Trinajstić information content (AvgIpc) is 2.57. The minimum absolute atomic E-state index is 0.289. The van der Waals surface area contributed by atoms with Crippen LogP contribution in [0.2, 0.25) is 0 Å².